The first kappa shape index (κ1) is 41.4. The summed E-state index contributed by atoms with van der Waals surface area (Å²) >= 11 is 0. The van der Waals surface area contributed by atoms with E-state index >= 15 is 0 Å². The molecule has 0 rings (SSSR count). The monoisotopic (exact) mass is 599 g/mol. The SMILES string of the molecule is O=C(CCCCCCCCCCCCCCCCCCCCCCCCCCCCCCCCCO)OC[C@H](O)CO. The van der Waals surface area contributed by atoms with Gasteiger partial charge in [0.15, 0.2) is 0 Å². The summed E-state index contributed by atoms with van der Waals surface area (Å²) in [6.07, 6.45) is 41.3. The summed E-state index contributed by atoms with van der Waals surface area (Å²) in [5.74, 6) is -0.274. The third-order valence-corrected chi connectivity index (χ3v) is 8.69. The van der Waals surface area contributed by atoms with E-state index in [0.29, 0.717) is 13.0 Å². The molecule has 0 saturated heterocycles. The van der Waals surface area contributed by atoms with Crippen LogP contribution in [-0.4, -0.2) is 47.2 Å². The third kappa shape index (κ3) is 35.5. The van der Waals surface area contributed by atoms with Crippen LogP contribution in [0.1, 0.15) is 205 Å². The normalized spacial score (nSPS) is 12.2. The van der Waals surface area contributed by atoms with E-state index in [1.807, 2.05) is 0 Å². The molecule has 0 bridgehead atoms. The topological polar surface area (TPSA) is 87.0 Å². The fourth-order valence-corrected chi connectivity index (χ4v) is 5.82. The van der Waals surface area contributed by atoms with Crippen molar-refractivity contribution in [2.24, 2.45) is 0 Å². The van der Waals surface area contributed by atoms with Crippen molar-refractivity contribution in [1.29, 1.82) is 0 Å². The predicted molar refractivity (Wildman–Crippen MR) is 179 cm³/mol. The van der Waals surface area contributed by atoms with E-state index in [4.69, 9.17) is 20.1 Å². The van der Waals surface area contributed by atoms with Crippen LogP contribution in [0.3, 0.4) is 0 Å². The van der Waals surface area contributed by atoms with Gasteiger partial charge in [0.25, 0.3) is 0 Å². The molecule has 252 valence electrons. The Morgan fingerprint density at radius 1 is 0.405 bits per heavy atom. The highest BCUT2D eigenvalue weighted by Gasteiger charge is 2.07. The summed E-state index contributed by atoms with van der Waals surface area (Å²) in [6, 6.07) is 0. The number of hydrogen-bond donors (Lipinski definition) is 3. The number of hydrogen-bond acceptors (Lipinski definition) is 5. The Kier molecular flexibility index (Phi) is 36.0. The lowest BCUT2D eigenvalue weighted by atomic mass is 10.0. The molecule has 0 radical (unpaired) electrons. The second kappa shape index (κ2) is 36.5. The van der Waals surface area contributed by atoms with Gasteiger partial charge >= 0.3 is 5.97 Å². The van der Waals surface area contributed by atoms with Gasteiger partial charge in [0.05, 0.1) is 6.61 Å². The second-order valence-electron chi connectivity index (χ2n) is 13.0. The highest BCUT2D eigenvalue weighted by Crippen LogP contribution is 2.17. The van der Waals surface area contributed by atoms with Crippen LogP contribution < -0.4 is 0 Å². The molecule has 42 heavy (non-hydrogen) atoms. The van der Waals surface area contributed by atoms with Gasteiger partial charge in [0.2, 0.25) is 0 Å². The van der Waals surface area contributed by atoms with Gasteiger partial charge in [-0.15, -0.1) is 0 Å². The van der Waals surface area contributed by atoms with Gasteiger partial charge in [-0.1, -0.05) is 186 Å². The van der Waals surface area contributed by atoms with E-state index in [9.17, 15) is 4.79 Å². The third-order valence-electron chi connectivity index (χ3n) is 8.69. The first-order valence-electron chi connectivity index (χ1n) is 18.8. The van der Waals surface area contributed by atoms with Crippen LogP contribution in [0.2, 0.25) is 0 Å². The van der Waals surface area contributed by atoms with Crippen LogP contribution in [0.5, 0.6) is 0 Å². The molecule has 5 heteroatoms. The van der Waals surface area contributed by atoms with Crippen LogP contribution in [-0.2, 0) is 9.53 Å². The van der Waals surface area contributed by atoms with Gasteiger partial charge in [-0.2, -0.15) is 0 Å². The molecule has 1 atom stereocenters. The molecule has 5 nitrogen and oxygen atoms in total. The summed E-state index contributed by atoms with van der Waals surface area (Å²) in [5.41, 5.74) is 0. The number of rotatable bonds is 36. The van der Waals surface area contributed by atoms with Gasteiger partial charge in [-0.25, -0.2) is 0 Å². The van der Waals surface area contributed by atoms with Crippen LogP contribution in [0, 0.1) is 0 Å². The Morgan fingerprint density at radius 2 is 0.643 bits per heavy atom. The molecule has 0 amide bonds. The van der Waals surface area contributed by atoms with Crippen LogP contribution in [0.4, 0.5) is 0 Å². The molecule has 0 heterocycles. The first-order valence-corrected chi connectivity index (χ1v) is 18.8. The quantitative estimate of drug-likeness (QED) is 0.0493. The van der Waals surface area contributed by atoms with Gasteiger partial charge in [0, 0.05) is 13.0 Å². The summed E-state index contributed by atoms with van der Waals surface area (Å²) in [7, 11) is 0. The van der Waals surface area contributed by atoms with Crippen molar-refractivity contribution >= 4 is 5.97 Å². The number of aliphatic hydroxyl groups excluding tert-OH is 3. The summed E-state index contributed by atoms with van der Waals surface area (Å²) in [6.45, 7) is -0.113. The Morgan fingerprint density at radius 3 is 0.881 bits per heavy atom. The number of ether oxygens (including phenoxy) is 1. The minimum Gasteiger partial charge on any atom is -0.463 e. The van der Waals surface area contributed by atoms with Gasteiger partial charge in [0.1, 0.15) is 12.7 Å². The minimum atomic E-state index is -0.959. The molecule has 0 fully saturated rings. The smallest absolute Gasteiger partial charge is 0.305 e. The van der Waals surface area contributed by atoms with Crippen LogP contribution in [0.15, 0.2) is 0 Å². The Hall–Kier alpha value is -0.650. The Labute approximate surface area is 262 Å². The molecule has 0 aliphatic heterocycles. The number of carbonyl (C=O) groups is 1. The molecule has 0 aliphatic rings. The summed E-state index contributed by atoms with van der Waals surface area (Å²) < 4.78 is 4.91. The maximum absolute atomic E-state index is 11.5. The van der Waals surface area contributed by atoms with Crippen molar-refractivity contribution in [1.82, 2.24) is 0 Å². The molecule has 0 aliphatic carbocycles. The molecule has 0 saturated carbocycles. The highest BCUT2D eigenvalue weighted by molar-refractivity contribution is 5.69. The fourth-order valence-electron chi connectivity index (χ4n) is 5.82. The standard InChI is InChI=1S/C37H74O5/c38-33-31-29-27-25-23-21-19-17-15-13-11-9-7-5-3-1-2-4-6-8-10-12-14-16-18-20-22-24-26-28-30-32-37(41)42-35-36(40)34-39/h36,38-40H,1-35H2/t36-/m1/s1. The van der Waals surface area contributed by atoms with Crippen LogP contribution >= 0.6 is 0 Å². The van der Waals surface area contributed by atoms with Crippen molar-refractivity contribution < 1.29 is 24.9 Å². The predicted octanol–water partition coefficient (Wildman–Crippen LogP) is 10.4. The maximum Gasteiger partial charge on any atom is 0.305 e. The highest BCUT2D eigenvalue weighted by atomic mass is 16.5. The molecule has 0 aromatic carbocycles. The van der Waals surface area contributed by atoms with Crippen LogP contribution in [0.25, 0.3) is 0 Å². The van der Waals surface area contributed by atoms with E-state index in [0.717, 1.165) is 19.3 Å². The van der Waals surface area contributed by atoms with E-state index < -0.39 is 6.10 Å². The lowest BCUT2D eigenvalue weighted by Gasteiger charge is -2.08. The minimum absolute atomic E-state index is 0.105. The van der Waals surface area contributed by atoms with E-state index in [2.05, 4.69) is 0 Å². The van der Waals surface area contributed by atoms with Gasteiger partial charge < -0.3 is 20.1 Å². The molecular weight excluding hydrogens is 524 g/mol. The van der Waals surface area contributed by atoms with E-state index in [1.165, 1.54) is 180 Å². The maximum atomic E-state index is 11.5. The zero-order valence-electron chi connectivity index (χ0n) is 28.0. The molecule has 3 N–H and O–H groups in total. The first-order chi connectivity index (χ1) is 20.7. The number of esters is 1. The van der Waals surface area contributed by atoms with Gasteiger partial charge in [-0.3, -0.25) is 4.79 Å². The molecule has 0 aromatic rings. The summed E-state index contributed by atoms with van der Waals surface area (Å²) in [5, 5.41) is 26.7. The number of aliphatic hydroxyl groups is 3. The average Bonchev–Trinajstić information content (AvgIpc) is 3.00. The largest absolute Gasteiger partial charge is 0.463 e. The van der Waals surface area contributed by atoms with E-state index in [1.54, 1.807) is 0 Å². The second-order valence-corrected chi connectivity index (χ2v) is 13.0. The Bertz CT molecular complexity index is 512. The average molecular weight is 599 g/mol. The van der Waals surface area contributed by atoms with Gasteiger partial charge in [-0.05, 0) is 12.8 Å². The van der Waals surface area contributed by atoms with Crippen molar-refractivity contribution in [3.63, 3.8) is 0 Å². The zero-order valence-corrected chi connectivity index (χ0v) is 28.0. The van der Waals surface area contributed by atoms with Crippen molar-refractivity contribution in [2.45, 2.75) is 212 Å². The lowest BCUT2D eigenvalue weighted by molar-refractivity contribution is -0.147. The number of unbranched alkanes of at least 4 members (excludes halogenated alkanes) is 30. The fraction of sp³-hybridized carbons (Fsp3) is 0.973. The summed E-state index contributed by atoms with van der Waals surface area (Å²) in [4.78, 5) is 11.5. The van der Waals surface area contributed by atoms with Crippen molar-refractivity contribution in [2.75, 3.05) is 19.8 Å². The van der Waals surface area contributed by atoms with Crippen molar-refractivity contribution in [3.8, 4) is 0 Å². The Balaban J connectivity index is 3.09. The molecular formula is C37H74O5. The zero-order chi connectivity index (χ0) is 30.6. The van der Waals surface area contributed by atoms with E-state index in [-0.39, 0.29) is 19.2 Å². The lowest BCUT2D eigenvalue weighted by Crippen LogP contribution is -2.21. The molecule has 0 unspecified atom stereocenters. The number of carbonyl (C=O) groups excluding carboxylic acids is 1. The van der Waals surface area contributed by atoms with Crippen molar-refractivity contribution in [3.05, 3.63) is 0 Å². The molecule has 0 spiro atoms. The molecule has 0 aromatic heterocycles.